The van der Waals surface area contributed by atoms with E-state index in [2.05, 4.69) is 30.2 Å². The molecule has 1 aliphatic heterocycles. The summed E-state index contributed by atoms with van der Waals surface area (Å²) in [6.07, 6.45) is 37.6. The third-order valence-corrected chi connectivity index (χ3v) is 11.2. The van der Waals surface area contributed by atoms with Crippen LogP contribution < -0.4 is 5.32 Å². The van der Waals surface area contributed by atoms with Gasteiger partial charge in [-0.2, -0.15) is 0 Å². The maximum Gasteiger partial charge on any atom is 0.301 e. The van der Waals surface area contributed by atoms with E-state index in [4.69, 9.17) is 9.47 Å². The quantitative estimate of drug-likeness (QED) is 0.0571. The van der Waals surface area contributed by atoms with Gasteiger partial charge < -0.3 is 19.9 Å². The smallest absolute Gasteiger partial charge is 0.301 e. The van der Waals surface area contributed by atoms with E-state index in [1.54, 1.807) is 24.3 Å². The molecule has 51 heavy (non-hydrogen) atoms. The number of unbranched alkanes of at least 4 members (excludes halogenated alkanes) is 24. The summed E-state index contributed by atoms with van der Waals surface area (Å²) >= 11 is 1.66. The zero-order valence-corrected chi connectivity index (χ0v) is 33.5. The van der Waals surface area contributed by atoms with Gasteiger partial charge >= 0.3 is 6.41 Å². The number of aliphatic imine (C=N–C) groups is 1. The van der Waals surface area contributed by atoms with Crippen molar-refractivity contribution in [1.82, 2.24) is 0 Å². The SMILES string of the molecule is CCCCCCCCCCCCCCCCCCNc1ccc(/C=C/C2=C(O)C(=C3/OC(OCCCCCCCCCCCC)N=C3C)/C2=O)s1. The normalized spacial score (nSPS) is 17.4. The molecule has 288 valence electrons. The minimum atomic E-state index is -0.748. The largest absolute Gasteiger partial charge is 0.506 e. The first-order chi connectivity index (χ1) is 25.0. The number of carbonyl (C=O) groups excluding carboxylic acids is 1. The van der Waals surface area contributed by atoms with Gasteiger partial charge in [-0.1, -0.05) is 168 Å². The van der Waals surface area contributed by atoms with Gasteiger partial charge in [0, 0.05) is 11.4 Å². The monoisotopic (exact) mass is 725 g/mol. The molecule has 1 aromatic rings. The van der Waals surface area contributed by atoms with Crippen LogP contribution in [0.1, 0.15) is 193 Å². The second-order valence-electron chi connectivity index (χ2n) is 14.8. The van der Waals surface area contributed by atoms with Crippen LogP contribution in [0.2, 0.25) is 0 Å². The Morgan fingerprint density at radius 1 is 0.725 bits per heavy atom. The van der Waals surface area contributed by atoms with E-state index in [9.17, 15) is 9.90 Å². The van der Waals surface area contributed by atoms with Crippen LogP contribution in [0.25, 0.3) is 6.08 Å². The lowest BCUT2D eigenvalue weighted by Crippen LogP contribution is -2.25. The third kappa shape index (κ3) is 17.3. The van der Waals surface area contributed by atoms with Crippen molar-refractivity contribution in [3.8, 4) is 0 Å². The summed E-state index contributed by atoms with van der Waals surface area (Å²) < 4.78 is 11.7. The maximum absolute atomic E-state index is 13.0. The molecule has 2 aliphatic rings. The Kier molecular flexibility index (Phi) is 23.0. The molecule has 0 fully saturated rings. The van der Waals surface area contributed by atoms with Crippen molar-refractivity contribution < 1.29 is 19.4 Å². The van der Waals surface area contributed by atoms with Gasteiger partial charge in [-0.15, -0.1) is 11.3 Å². The Balaban J connectivity index is 1.22. The number of aliphatic hydroxyl groups is 1. The lowest BCUT2D eigenvalue weighted by Gasteiger charge is -2.21. The number of hydrogen-bond donors (Lipinski definition) is 2. The molecule has 0 radical (unpaired) electrons. The van der Waals surface area contributed by atoms with Crippen LogP contribution in [0, 0.1) is 0 Å². The van der Waals surface area contributed by atoms with Crippen molar-refractivity contribution in [2.45, 2.75) is 194 Å². The van der Waals surface area contributed by atoms with Crippen molar-refractivity contribution in [1.29, 1.82) is 0 Å². The molecule has 2 heterocycles. The van der Waals surface area contributed by atoms with E-state index in [-0.39, 0.29) is 17.1 Å². The van der Waals surface area contributed by atoms with E-state index in [1.807, 2.05) is 12.1 Å². The number of anilines is 1. The summed E-state index contributed by atoms with van der Waals surface area (Å²) in [6.45, 7) is 7.89. The van der Waals surface area contributed by atoms with E-state index in [0.29, 0.717) is 23.7 Å². The summed E-state index contributed by atoms with van der Waals surface area (Å²) in [6, 6.07) is 4.13. The van der Waals surface area contributed by atoms with Gasteiger partial charge in [0.05, 0.1) is 22.9 Å². The summed E-state index contributed by atoms with van der Waals surface area (Å²) in [4.78, 5) is 18.4. The lowest BCUT2D eigenvalue weighted by molar-refractivity contribution is -0.115. The van der Waals surface area contributed by atoms with Crippen LogP contribution in [-0.2, 0) is 14.3 Å². The van der Waals surface area contributed by atoms with Crippen molar-refractivity contribution in [3.63, 3.8) is 0 Å². The molecule has 1 aliphatic carbocycles. The second kappa shape index (κ2) is 27.3. The van der Waals surface area contributed by atoms with Gasteiger partial charge in [0.1, 0.15) is 11.3 Å². The maximum atomic E-state index is 13.0. The molecule has 0 saturated carbocycles. The molecule has 7 heteroatoms. The molecule has 0 amide bonds. The highest BCUT2D eigenvalue weighted by molar-refractivity contribution is 7.16. The highest BCUT2D eigenvalue weighted by Gasteiger charge is 2.39. The van der Waals surface area contributed by atoms with Gasteiger partial charge in [-0.25, -0.2) is 4.99 Å². The van der Waals surface area contributed by atoms with Gasteiger partial charge in [0.25, 0.3) is 0 Å². The first kappa shape index (κ1) is 43.0. The van der Waals surface area contributed by atoms with Crippen molar-refractivity contribution in [3.05, 3.63) is 45.8 Å². The number of hydrogen-bond acceptors (Lipinski definition) is 7. The predicted octanol–water partition coefficient (Wildman–Crippen LogP) is 13.8. The Hall–Kier alpha value is -2.38. The molecule has 0 aromatic carbocycles. The Morgan fingerprint density at radius 2 is 1.22 bits per heavy atom. The number of allylic oxidation sites excluding steroid dienone is 4. The predicted molar refractivity (Wildman–Crippen MR) is 219 cm³/mol. The molecule has 1 unspecified atom stereocenters. The number of nitrogens with zero attached hydrogens (tertiary/aromatic N) is 1. The number of ether oxygens (including phenoxy) is 2. The molecule has 0 spiro atoms. The van der Waals surface area contributed by atoms with Gasteiger partial charge in [-0.3, -0.25) is 4.79 Å². The van der Waals surface area contributed by atoms with Crippen LogP contribution in [0.15, 0.2) is 45.9 Å². The number of thiophene rings is 1. The molecule has 1 atom stereocenters. The van der Waals surface area contributed by atoms with Gasteiger partial charge in [-0.05, 0) is 44.1 Å². The second-order valence-corrected chi connectivity index (χ2v) is 15.9. The summed E-state index contributed by atoms with van der Waals surface area (Å²) in [5, 5.41) is 15.4. The van der Waals surface area contributed by atoms with Crippen LogP contribution in [0.5, 0.6) is 0 Å². The first-order valence-corrected chi connectivity index (χ1v) is 21.9. The topological polar surface area (TPSA) is 80.2 Å². The van der Waals surface area contributed by atoms with Crippen LogP contribution in [0.3, 0.4) is 0 Å². The van der Waals surface area contributed by atoms with Crippen LogP contribution >= 0.6 is 11.3 Å². The third-order valence-electron chi connectivity index (χ3n) is 10.2. The molecule has 3 rings (SSSR count). The zero-order valence-electron chi connectivity index (χ0n) is 32.7. The highest BCUT2D eigenvalue weighted by atomic mass is 32.1. The Labute approximate surface area is 315 Å². The molecule has 0 bridgehead atoms. The standard InChI is InChI=1S/C44H72N2O4S/c1-4-6-8-10-12-14-16-17-18-19-20-21-22-24-26-28-34-45-39-33-31-37(51-39)30-32-38-41(47)40(42(38)48)43-36(3)46-44(50-43)49-35-29-27-25-23-15-13-11-9-7-5-2/h30-33,44-45,47H,4-29,34-35H2,1-3H3/b32-30+,43-40-. The average Bonchev–Trinajstić information content (AvgIpc) is 3.74. The number of aliphatic hydroxyl groups excluding tert-OH is 1. The van der Waals surface area contributed by atoms with Crippen molar-refractivity contribution >= 4 is 33.9 Å². The number of ketones is 1. The fraction of sp³-hybridized carbons (Fsp3) is 0.727. The van der Waals surface area contributed by atoms with Crippen molar-refractivity contribution in [2.75, 3.05) is 18.5 Å². The van der Waals surface area contributed by atoms with E-state index >= 15 is 0 Å². The number of carbonyl (C=O) groups is 1. The summed E-state index contributed by atoms with van der Waals surface area (Å²) in [7, 11) is 0. The van der Waals surface area contributed by atoms with Crippen molar-refractivity contribution in [2.24, 2.45) is 4.99 Å². The summed E-state index contributed by atoms with van der Waals surface area (Å²) in [5.74, 6) is 0.0796. The molecule has 2 N–H and O–H groups in total. The van der Waals surface area contributed by atoms with E-state index < -0.39 is 6.41 Å². The molecular formula is C44H72N2O4S. The highest BCUT2D eigenvalue weighted by Crippen LogP contribution is 2.36. The average molecular weight is 725 g/mol. The fourth-order valence-corrected chi connectivity index (χ4v) is 7.73. The molecule has 1 aromatic heterocycles. The van der Waals surface area contributed by atoms with Gasteiger partial charge in [0.15, 0.2) is 5.76 Å². The van der Waals surface area contributed by atoms with E-state index in [1.165, 1.54) is 154 Å². The number of nitrogens with one attached hydrogen (secondary N) is 1. The number of rotatable bonds is 32. The number of Topliss-reactive ketones (excluding diaryl/α,β-unsaturated/α-hetero) is 1. The molecule has 6 nitrogen and oxygen atoms in total. The zero-order chi connectivity index (χ0) is 36.4. The minimum Gasteiger partial charge on any atom is -0.506 e. The Bertz CT molecular complexity index is 1230. The fourth-order valence-electron chi connectivity index (χ4n) is 6.89. The van der Waals surface area contributed by atoms with Crippen LogP contribution in [-0.4, -0.2) is 36.2 Å². The molecular weight excluding hydrogens is 653 g/mol. The lowest BCUT2D eigenvalue weighted by atomic mass is 9.86. The van der Waals surface area contributed by atoms with Crippen LogP contribution in [0.4, 0.5) is 5.00 Å². The summed E-state index contributed by atoms with van der Waals surface area (Å²) in [5.41, 5.74) is 1.09. The molecule has 0 saturated heterocycles. The minimum absolute atomic E-state index is 0.0328. The van der Waals surface area contributed by atoms with E-state index in [0.717, 1.165) is 29.3 Å². The first-order valence-electron chi connectivity index (χ1n) is 21.1. The Morgan fingerprint density at radius 3 is 1.73 bits per heavy atom. The van der Waals surface area contributed by atoms with Gasteiger partial charge in [0.2, 0.25) is 5.78 Å².